The maximum atomic E-state index is 5.13. The van der Waals surface area contributed by atoms with Gasteiger partial charge in [0.25, 0.3) is 0 Å². The zero-order valence-electron chi connectivity index (χ0n) is 13.4. The van der Waals surface area contributed by atoms with Crippen molar-refractivity contribution in [1.29, 1.82) is 0 Å². The first-order valence-electron chi connectivity index (χ1n) is 7.94. The van der Waals surface area contributed by atoms with E-state index in [4.69, 9.17) is 4.74 Å². The minimum atomic E-state index is 0.351. The predicted molar refractivity (Wildman–Crippen MR) is 85.5 cm³/mol. The molecule has 3 aromatic heterocycles. The number of rotatable bonds is 4. The van der Waals surface area contributed by atoms with Crippen LogP contribution >= 0.6 is 0 Å². The van der Waals surface area contributed by atoms with Gasteiger partial charge in [-0.1, -0.05) is 0 Å². The van der Waals surface area contributed by atoms with E-state index in [1.807, 2.05) is 18.2 Å². The summed E-state index contributed by atoms with van der Waals surface area (Å²) in [5.41, 5.74) is 1.71. The van der Waals surface area contributed by atoms with Gasteiger partial charge in [-0.15, -0.1) is 14.8 Å². The average Bonchev–Trinajstić information content (AvgIpc) is 3.10. The third kappa shape index (κ3) is 2.90. The van der Waals surface area contributed by atoms with Crippen molar-refractivity contribution in [2.75, 3.05) is 25.1 Å². The standard InChI is InChI=1S/C15H18N8O/c1-24-10-13-16-7-6-12(17-13)11-3-2-8-22(9-11)15-5-4-14-18-20-21-23(14)19-15/h4-7,11H,2-3,8-10H2,1H3/t11-/m0/s1. The molecule has 1 fully saturated rings. The molecule has 1 atom stereocenters. The number of hydrogen-bond acceptors (Lipinski definition) is 8. The fraction of sp³-hybridized carbons (Fsp3) is 0.467. The Balaban J connectivity index is 1.55. The smallest absolute Gasteiger partial charge is 0.200 e. The monoisotopic (exact) mass is 326 g/mol. The van der Waals surface area contributed by atoms with E-state index in [1.54, 1.807) is 13.3 Å². The molecule has 0 radical (unpaired) electrons. The summed E-state index contributed by atoms with van der Waals surface area (Å²) in [4.78, 5) is 11.1. The number of methoxy groups -OCH3 is 1. The van der Waals surface area contributed by atoms with Crippen molar-refractivity contribution in [1.82, 2.24) is 35.2 Å². The number of fused-ring (bicyclic) bond motifs is 1. The lowest BCUT2D eigenvalue weighted by atomic mass is 9.94. The highest BCUT2D eigenvalue weighted by Crippen LogP contribution is 2.28. The van der Waals surface area contributed by atoms with E-state index < -0.39 is 0 Å². The molecular weight excluding hydrogens is 308 g/mol. The first-order chi connectivity index (χ1) is 11.8. The van der Waals surface area contributed by atoms with Crippen LogP contribution in [0.25, 0.3) is 5.65 Å². The van der Waals surface area contributed by atoms with E-state index in [0.29, 0.717) is 18.2 Å². The summed E-state index contributed by atoms with van der Waals surface area (Å²) in [7, 11) is 1.65. The lowest BCUT2D eigenvalue weighted by Gasteiger charge is -2.33. The fourth-order valence-corrected chi connectivity index (χ4v) is 3.08. The number of nitrogens with zero attached hydrogens (tertiary/aromatic N) is 8. The fourth-order valence-electron chi connectivity index (χ4n) is 3.08. The van der Waals surface area contributed by atoms with Gasteiger partial charge in [-0.05, 0) is 41.5 Å². The Morgan fingerprint density at radius 3 is 3.17 bits per heavy atom. The average molecular weight is 326 g/mol. The van der Waals surface area contributed by atoms with Crippen molar-refractivity contribution in [3.05, 3.63) is 35.9 Å². The van der Waals surface area contributed by atoms with Crippen molar-refractivity contribution < 1.29 is 4.74 Å². The molecule has 0 amide bonds. The molecule has 0 bridgehead atoms. The molecule has 124 valence electrons. The SMILES string of the molecule is COCc1nccc([C@H]2CCCN(c3ccc4nnnn4n3)C2)n1. The van der Waals surface area contributed by atoms with E-state index in [2.05, 4.69) is 35.5 Å². The van der Waals surface area contributed by atoms with Crippen molar-refractivity contribution in [2.24, 2.45) is 0 Å². The minimum Gasteiger partial charge on any atom is -0.377 e. The zero-order valence-corrected chi connectivity index (χ0v) is 13.4. The summed E-state index contributed by atoms with van der Waals surface area (Å²) < 4.78 is 6.59. The Bertz CT molecular complexity index is 835. The Morgan fingerprint density at radius 1 is 1.29 bits per heavy atom. The van der Waals surface area contributed by atoms with Gasteiger partial charge < -0.3 is 9.64 Å². The molecule has 0 N–H and O–H groups in total. The van der Waals surface area contributed by atoms with Crippen LogP contribution in [0.15, 0.2) is 24.4 Å². The van der Waals surface area contributed by atoms with Crippen molar-refractivity contribution in [3.8, 4) is 0 Å². The maximum Gasteiger partial charge on any atom is 0.200 e. The van der Waals surface area contributed by atoms with Crippen LogP contribution in [-0.2, 0) is 11.3 Å². The second-order valence-electron chi connectivity index (χ2n) is 5.83. The van der Waals surface area contributed by atoms with Crippen LogP contribution < -0.4 is 4.90 Å². The molecule has 9 heteroatoms. The molecule has 0 saturated carbocycles. The molecule has 3 aromatic rings. The molecule has 0 aliphatic carbocycles. The molecule has 1 aliphatic heterocycles. The number of piperidine rings is 1. The Hall–Kier alpha value is -2.68. The van der Waals surface area contributed by atoms with E-state index in [-0.39, 0.29) is 0 Å². The van der Waals surface area contributed by atoms with Gasteiger partial charge in [0.05, 0.1) is 0 Å². The number of hydrogen-bond donors (Lipinski definition) is 0. The molecule has 0 unspecified atom stereocenters. The van der Waals surface area contributed by atoms with Gasteiger partial charge >= 0.3 is 0 Å². The second kappa shape index (κ2) is 6.44. The van der Waals surface area contributed by atoms with Gasteiger partial charge in [-0.2, -0.15) is 0 Å². The quantitative estimate of drug-likeness (QED) is 0.696. The Morgan fingerprint density at radius 2 is 2.25 bits per heavy atom. The molecule has 4 heterocycles. The summed E-state index contributed by atoms with van der Waals surface area (Å²) in [6, 6.07) is 5.84. The zero-order chi connectivity index (χ0) is 16.4. The van der Waals surface area contributed by atoms with Crippen LogP contribution in [0.1, 0.15) is 30.3 Å². The molecular formula is C15H18N8O. The summed E-state index contributed by atoms with van der Waals surface area (Å²) >= 11 is 0. The Kier molecular flexibility index (Phi) is 3.99. The lowest BCUT2D eigenvalue weighted by Crippen LogP contribution is -2.35. The summed E-state index contributed by atoms with van der Waals surface area (Å²) in [5, 5.41) is 15.9. The van der Waals surface area contributed by atoms with E-state index in [1.165, 1.54) is 4.63 Å². The van der Waals surface area contributed by atoms with Gasteiger partial charge in [0, 0.05) is 38.0 Å². The first-order valence-corrected chi connectivity index (χ1v) is 7.94. The predicted octanol–water partition coefficient (Wildman–Crippen LogP) is 0.840. The van der Waals surface area contributed by atoms with Crippen LogP contribution in [0.5, 0.6) is 0 Å². The molecule has 0 aromatic carbocycles. The number of ether oxygens (including phenoxy) is 1. The van der Waals surface area contributed by atoms with Gasteiger partial charge in [-0.25, -0.2) is 9.97 Å². The maximum absolute atomic E-state index is 5.13. The topological polar surface area (TPSA) is 94.2 Å². The van der Waals surface area contributed by atoms with Crippen LogP contribution in [0.4, 0.5) is 5.82 Å². The summed E-state index contributed by atoms with van der Waals surface area (Å²) in [5.74, 6) is 1.95. The summed E-state index contributed by atoms with van der Waals surface area (Å²) in [6.45, 7) is 2.26. The van der Waals surface area contributed by atoms with Crippen molar-refractivity contribution in [2.45, 2.75) is 25.4 Å². The van der Waals surface area contributed by atoms with Crippen LogP contribution in [0, 0.1) is 0 Å². The second-order valence-corrected chi connectivity index (χ2v) is 5.83. The molecule has 9 nitrogen and oxygen atoms in total. The molecule has 24 heavy (non-hydrogen) atoms. The van der Waals surface area contributed by atoms with Gasteiger partial charge in [0.2, 0.25) is 0 Å². The third-order valence-corrected chi connectivity index (χ3v) is 4.22. The van der Waals surface area contributed by atoms with Gasteiger partial charge in [-0.3, -0.25) is 0 Å². The number of anilines is 1. The van der Waals surface area contributed by atoms with E-state index in [9.17, 15) is 0 Å². The first kappa shape index (κ1) is 14.9. The third-order valence-electron chi connectivity index (χ3n) is 4.22. The van der Waals surface area contributed by atoms with Crippen LogP contribution in [0.3, 0.4) is 0 Å². The van der Waals surface area contributed by atoms with Crippen molar-refractivity contribution in [3.63, 3.8) is 0 Å². The highest BCUT2D eigenvalue weighted by atomic mass is 16.5. The Labute approximate surface area is 138 Å². The van der Waals surface area contributed by atoms with Gasteiger partial charge in [0.1, 0.15) is 6.61 Å². The summed E-state index contributed by atoms with van der Waals surface area (Å²) in [6.07, 6.45) is 4.00. The molecule has 4 rings (SSSR count). The minimum absolute atomic E-state index is 0.351. The molecule has 0 spiro atoms. The molecule has 1 saturated heterocycles. The highest BCUT2D eigenvalue weighted by Gasteiger charge is 2.24. The molecule has 1 aliphatic rings. The largest absolute Gasteiger partial charge is 0.377 e. The van der Waals surface area contributed by atoms with Crippen molar-refractivity contribution >= 4 is 11.5 Å². The number of aromatic nitrogens is 7. The van der Waals surface area contributed by atoms with E-state index >= 15 is 0 Å². The normalized spacial score (nSPS) is 18.2. The van der Waals surface area contributed by atoms with Crippen LogP contribution in [0.2, 0.25) is 0 Å². The lowest BCUT2D eigenvalue weighted by molar-refractivity contribution is 0.177. The van der Waals surface area contributed by atoms with Gasteiger partial charge in [0.15, 0.2) is 17.3 Å². The highest BCUT2D eigenvalue weighted by molar-refractivity contribution is 5.45. The van der Waals surface area contributed by atoms with Crippen LogP contribution in [-0.4, -0.2) is 55.4 Å². The van der Waals surface area contributed by atoms with E-state index in [0.717, 1.165) is 43.3 Å². The number of tetrazole rings is 1.